The fourth-order valence-corrected chi connectivity index (χ4v) is 6.41. The van der Waals surface area contributed by atoms with Crippen LogP contribution in [0.15, 0.2) is 18.2 Å². The van der Waals surface area contributed by atoms with Crippen LogP contribution in [0.1, 0.15) is 44.9 Å². The average molecular weight is 474 g/mol. The number of benzene rings is 1. The van der Waals surface area contributed by atoms with E-state index in [1.807, 2.05) is 6.07 Å². The molecule has 7 nitrogen and oxygen atoms in total. The lowest BCUT2D eigenvalue weighted by atomic mass is 9.57. The first-order valence-corrected chi connectivity index (χ1v) is 12.1. The molecule has 2 atom stereocenters. The molecule has 4 fully saturated rings. The molecule has 3 aliphatic carbocycles. The van der Waals surface area contributed by atoms with Crippen LogP contribution < -0.4 is 10.6 Å². The van der Waals surface area contributed by atoms with Crippen LogP contribution in [0.2, 0.25) is 0 Å². The predicted octanol–water partition coefficient (Wildman–Crippen LogP) is 3.52. The Hall–Kier alpha value is -2.64. The molecule has 0 unspecified atom stereocenters. The van der Waals surface area contributed by atoms with Crippen molar-refractivity contribution in [2.45, 2.75) is 62.7 Å². The molecule has 174 valence electrons. The fraction of sp³-hybridized carbons (Fsp3) is 0.565. The van der Waals surface area contributed by atoms with Gasteiger partial charge in [-0.2, -0.15) is 5.26 Å². The van der Waals surface area contributed by atoms with E-state index in [-0.39, 0.29) is 42.7 Å². The normalized spacial score (nSPS) is 31.0. The molecule has 1 aliphatic heterocycles. The number of halogens is 2. The Morgan fingerprint density at radius 3 is 2.67 bits per heavy atom. The minimum atomic E-state index is -1.14. The van der Waals surface area contributed by atoms with Gasteiger partial charge in [0.25, 0.3) is 0 Å². The zero-order chi connectivity index (χ0) is 23.2. The highest BCUT2D eigenvalue weighted by Crippen LogP contribution is 2.53. The first-order valence-electron chi connectivity index (χ1n) is 11.3. The minimum absolute atomic E-state index is 0.0204. The molecule has 1 aromatic heterocycles. The number of amides is 2. The second kappa shape index (κ2) is 8.29. The Balaban J connectivity index is 1.18. The van der Waals surface area contributed by atoms with Crippen LogP contribution in [0, 0.1) is 22.6 Å². The number of hydrogen-bond acceptors (Lipinski definition) is 6. The van der Waals surface area contributed by atoms with Crippen LogP contribution in [0.5, 0.6) is 0 Å². The van der Waals surface area contributed by atoms with Crippen molar-refractivity contribution in [2.75, 3.05) is 18.4 Å². The number of nitrogens with one attached hydrogen (secondary N) is 2. The van der Waals surface area contributed by atoms with E-state index in [0.717, 1.165) is 19.3 Å². The summed E-state index contributed by atoms with van der Waals surface area (Å²) in [5, 5.41) is 16.0. The number of thiazole rings is 1. The van der Waals surface area contributed by atoms with Crippen molar-refractivity contribution in [3.05, 3.63) is 24.0 Å². The van der Waals surface area contributed by atoms with Crippen LogP contribution in [0.25, 0.3) is 10.2 Å². The van der Waals surface area contributed by atoms with E-state index in [2.05, 4.69) is 15.6 Å². The largest absolute Gasteiger partial charge is 0.323 e. The number of carbonyl (C=O) groups is 2. The molecule has 6 rings (SSSR count). The van der Waals surface area contributed by atoms with E-state index in [4.69, 9.17) is 0 Å². The van der Waals surface area contributed by atoms with Gasteiger partial charge in [0.05, 0.1) is 29.4 Å². The lowest BCUT2D eigenvalue weighted by Gasteiger charge is -2.52. The molecule has 3 saturated carbocycles. The molecule has 1 saturated heterocycles. The maximum Gasteiger partial charge on any atom is 0.237 e. The molecule has 1 aromatic carbocycles. The molecule has 2 aromatic rings. The number of fused-ring (bicyclic) bond motifs is 4. The second-order valence-electron chi connectivity index (χ2n) is 9.52. The van der Waals surface area contributed by atoms with Crippen LogP contribution in [0.4, 0.5) is 13.9 Å². The zero-order valence-electron chi connectivity index (χ0n) is 18.1. The summed E-state index contributed by atoms with van der Waals surface area (Å²) in [4.78, 5) is 31.5. The van der Waals surface area contributed by atoms with Gasteiger partial charge in [0.15, 0.2) is 5.13 Å². The predicted molar refractivity (Wildman–Crippen MR) is 120 cm³/mol. The van der Waals surface area contributed by atoms with E-state index in [9.17, 15) is 23.6 Å². The highest BCUT2D eigenvalue weighted by molar-refractivity contribution is 7.22. The van der Waals surface area contributed by atoms with E-state index < -0.39 is 17.6 Å². The summed E-state index contributed by atoms with van der Waals surface area (Å²) in [7, 11) is 0. The number of alkyl halides is 1. The van der Waals surface area contributed by atoms with Gasteiger partial charge >= 0.3 is 0 Å². The van der Waals surface area contributed by atoms with Gasteiger partial charge in [-0.05, 0) is 56.7 Å². The summed E-state index contributed by atoms with van der Waals surface area (Å²) in [5.41, 5.74) is -0.00827. The SMILES string of the molecule is N#C[C@@H]1C[C@H](F)CN1C(=O)CNC12CCC(C(=O)Nc3nc4ccc(F)cc4s3)(CC1)CC2. The Morgan fingerprint density at radius 1 is 1.24 bits per heavy atom. The van der Waals surface area contributed by atoms with Crippen molar-refractivity contribution in [3.8, 4) is 6.07 Å². The smallest absolute Gasteiger partial charge is 0.237 e. The molecule has 2 heterocycles. The zero-order valence-corrected chi connectivity index (χ0v) is 18.9. The summed E-state index contributed by atoms with van der Waals surface area (Å²) in [6.07, 6.45) is 3.36. The number of aromatic nitrogens is 1. The fourth-order valence-electron chi connectivity index (χ4n) is 5.52. The number of nitrogens with zero attached hydrogens (tertiary/aromatic N) is 3. The van der Waals surface area contributed by atoms with E-state index in [0.29, 0.717) is 34.6 Å². The van der Waals surface area contributed by atoms with Crippen molar-refractivity contribution < 1.29 is 18.4 Å². The molecule has 2 bridgehead atoms. The minimum Gasteiger partial charge on any atom is -0.323 e. The number of anilines is 1. The standard InChI is InChI=1S/C23H25F2N5O2S/c24-14-1-2-17-18(10-14)33-21(28-17)29-20(32)22-3-6-23(7-4-22,8-5-22)27-12-19(31)30-13-15(25)9-16(30)11-26/h1-2,10,15-16,27H,3-9,12-13H2,(H,28,29,32)/t15-,16-,22?,23?/m0/s1. The van der Waals surface area contributed by atoms with Crippen molar-refractivity contribution in [1.29, 1.82) is 5.26 Å². The van der Waals surface area contributed by atoms with Crippen LogP contribution >= 0.6 is 11.3 Å². The van der Waals surface area contributed by atoms with Gasteiger partial charge in [-0.3, -0.25) is 9.59 Å². The maximum atomic E-state index is 13.6. The van der Waals surface area contributed by atoms with E-state index >= 15 is 0 Å². The van der Waals surface area contributed by atoms with Gasteiger partial charge in [0.2, 0.25) is 11.8 Å². The first-order chi connectivity index (χ1) is 15.8. The van der Waals surface area contributed by atoms with Crippen LogP contribution in [-0.4, -0.2) is 52.5 Å². The summed E-state index contributed by atoms with van der Waals surface area (Å²) in [5.74, 6) is -0.625. The van der Waals surface area contributed by atoms with Crippen molar-refractivity contribution in [2.24, 2.45) is 5.41 Å². The third-order valence-electron chi connectivity index (χ3n) is 7.63. The van der Waals surface area contributed by atoms with Gasteiger partial charge in [-0.25, -0.2) is 13.8 Å². The monoisotopic (exact) mass is 473 g/mol. The molecule has 0 spiro atoms. The highest BCUT2D eigenvalue weighted by Gasteiger charge is 2.52. The van der Waals surface area contributed by atoms with Gasteiger partial charge < -0.3 is 15.5 Å². The third-order valence-corrected chi connectivity index (χ3v) is 8.57. The highest BCUT2D eigenvalue weighted by atomic mass is 32.1. The Kier molecular flexibility index (Phi) is 5.57. The molecule has 10 heteroatoms. The summed E-state index contributed by atoms with van der Waals surface area (Å²) in [6.45, 7) is 0.0553. The topological polar surface area (TPSA) is 98.1 Å². The first kappa shape index (κ1) is 22.2. The van der Waals surface area contributed by atoms with Gasteiger partial charge in [0, 0.05) is 17.4 Å². The van der Waals surface area contributed by atoms with Gasteiger partial charge in [0.1, 0.15) is 18.0 Å². The molecule has 2 N–H and O–H groups in total. The lowest BCUT2D eigenvalue weighted by molar-refractivity contribution is -0.135. The van der Waals surface area contributed by atoms with Crippen molar-refractivity contribution in [1.82, 2.24) is 15.2 Å². The van der Waals surface area contributed by atoms with Gasteiger partial charge in [-0.1, -0.05) is 11.3 Å². The third kappa shape index (κ3) is 4.08. The lowest BCUT2D eigenvalue weighted by Crippen LogP contribution is -2.59. The van der Waals surface area contributed by atoms with Crippen LogP contribution in [-0.2, 0) is 9.59 Å². The van der Waals surface area contributed by atoms with E-state index in [1.165, 1.54) is 28.4 Å². The molecule has 2 amide bonds. The summed E-state index contributed by atoms with van der Waals surface area (Å²) < 4.78 is 27.8. The molecule has 33 heavy (non-hydrogen) atoms. The molecule has 4 aliphatic rings. The van der Waals surface area contributed by atoms with E-state index in [1.54, 1.807) is 6.07 Å². The number of carbonyl (C=O) groups excluding carboxylic acids is 2. The summed E-state index contributed by atoms with van der Waals surface area (Å²) >= 11 is 1.26. The number of nitriles is 1. The Labute approximate surface area is 194 Å². The quantitative estimate of drug-likeness (QED) is 0.693. The second-order valence-corrected chi connectivity index (χ2v) is 10.6. The van der Waals surface area contributed by atoms with Crippen LogP contribution in [0.3, 0.4) is 0 Å². The number of rotatable bonds is 5. The van der Waals surface area contributed by atoms with Crippen molar-refractivity contribution in [3.63, 3.8) is 0 Å². The molecular weight excluding hydrogens is 448 g/mol. The molecular formula is C23H25F2N5O2S. The average Bonchev–Trinajstić information content (AvgIpc) is 3.40. The van der Waals surface area contributed by atoms with Crippen molar-refractivity contribution >= 4 is 38.5 Å². The Bertz CT molecular complexity index is 1120. The molecule has 0 radical (unpaired) electrons. The number of hydrogen-bond donors (Lipinski definition) is 2. The van der Waals surface area contributed by atoms with Gasteiger partial charge in [-0.15, -0.1) is 0 Å². The summed E-state index contributed by atoms with van der Waals surface area (Å²) in [6, 6.07) is 5.69. The maximum absolute atomic E-state index is 13.6. The Morgan fingerprint density at radius 2 is 1.97 bits per heavy atom. The number of likely N-dealkylation sites (tertiary alicyclic amines) is 1.